The van der Waals surface area contributed by atoms with E-state index in [9.17, 15) is 28.8 Å². The Balaban J connectivity index is 2.99. The minimum absolute atomic E-state index is 0.0727. The van der Waals surface area contributed by atoms with Crippen LogP contribution in [-0.2, 0) is 35.2 Å². The van der Waals surface area contributed by atoms with Gasteiger partial charge in [0.05, 0.1) is 18.8 Å². The van der Waals surface area contributed by atoms with Crippen molar-refractivity contribution >= 4 is 35.6 Å². The maximum atomic E-state index is 12.8. The summed E-state index contributed by atoms with van der Waals surface area (Å²) in [4.78, 5) is 77.1. The molecule has 0 radical (unpaired) electrons. The number of carboxylic acid groups (broad SMARTS) is 2. The number of primary amides is 1. The molecule has 15 heteroatoms. The number of carbonyl (C=O) groups excluding carboxylic acids is 4. The van der Waals surface area contributed by atoms with Crippen LogP contribution in [0.4, 0.5) is 0 Å². The van der Waals surface area contributed by atoms with Crippen LogP contribution < -0.4 is 27.4 Å². The minimum atomic E-state index is -1.62. The lowest BCUT2D eigenvalue weighted by Gasteiger charge is -2.24. The standard InChI is InChI=1S/C18H27N7O8/c1-8(18(32)33)23-16(30)12(5-14(27)28)25-17(31)11(4-9-6-21-7-22-9)24-15(29)10(19)2-3-13(20)26/h6-8,10-12H,2-5,19H2,1H3,(H2,20,26)(H,21,22)(H,23,30)(H,24,29)(H,25,31)(H,27,28)(H,32,33). The number of H-pyrrole nitrogens is 1. The number of aromatic amines is 1. The van der Waals surface area contributed by atoms with Gasteiger partial charge >= 0.3 is 11.9 Å². The zero-order chi connectivity index (χ0) is 25.1. The number of aromatic nitrogens is 2. The van der Waals surface area contributed by atoms with Gasteiger partial charge in [-0.15, -0.1) is 0 Å². The summed E-state index contributed by atoms with van der Waals surface area (Å²) in [5, 5.41) is 24.7. The maximum Gasteiger partial charge on any atom is 0.325 e. The van der Waals surface area contributed by atoms with Crippen LogP contribution in [0.1, 0.15) is 31.9 Å². The van der Waals surface area contributed by atoms with Gasteiger partial charge in [-0.1, -0.05) is 0 Å². The largest absolute Gasteiger partial charge is 0.481 e. The van der Waals surface area contributed by atoms with Crippen LogP contribution in [0.2, 0.25) is 0 Å². The Morgan fingerprint density at radius 1 is 1.03 bits per heavy atom. The van der Waals surface area contributed by atoms with Gasteiger partial charge in [-0.2, -0.15) is 0 Å². The first kappa shape index (κ1) is 27.0. The van der Waals surface area contributed by atoms with Crippen molar-refractivity contribution in [2.75, 3.05) is 0 Å². The third-order valence-corrected chi connectivity index (χ3v) is 4.39. The summed E-state index contributed by atoms with van der Waals surface area (Å²) in [6.45, 7) is 1.16. The molecule has 33 heavy (non-hydrogen) atoms. The highest BCUT2D eigenvalue weighted by Gasteiger charge is 2.31. The zero-order valence-electron chi connectivity index (χ0n) is 17.7. The molecule has 1 aromatic rings. The molecule has 0 aliphatic rings. The monoisotopic (exact) mass is 469 g/mol. The van der Waals surface area contributed by atoms with E-state index < -0.39 is 66.2 Å². The van der Waals surface area contributed by atoms with Gasteiger partial charge in [-0.25, -0.2) is 4.98 Å². The molecule has 0 saturated carbocycles. The highest BCUT2D eigenvalue weighted by atomic mass is 16.4. The van der Waals surface area contributed by atoms with Gasteiger partial charge in [-0.05, 0) is 13.3 Å². The van der Waals surface area contributed by atoms with Crippen molar-refractivity contribution in [2.24, 2.45) is 11.5 Å². The molecule has 0 aromatic carbocycles. The zero-order valence-corrected chi connectivity index (χ0v) is 17.7. The predicted molar refractivity (Wildman–Crippen MR) is 110 cm³/mol. The van der Waals surface area contributed by atoms with Crippen LogP contribution in [0, 0.1) is 0 Å². The van der Waals surface area contributed by atoms with Crippen LogP contribution in [-0.4, -0.2) is 79.9 Å². The molecule has 0 aliphatic carbocycles. The van der Waals surface area contributed by atoms with Gasteiger partial charge < -0.3 is 42.6 Å². The SMILES string of the molecule is CC(NC(=O)C(CC(=O)O)NC(=O)C(Cc1cnc[nH]1)NC(=O)C(N)CCC(N)=O)C(=O)O. The lowest BCUT2D eigenvalue weighted by molar-refractivity contribution is -0.143. The highest BCUT2D eigenvalue weighted by molar-refractivity contribution is 5.95. The molecule has 4 amide bonds. The van der Waals surface area contributed by atoms with Crippen molar-refractivity contribution in [2.45, 2.75) is 56.8 Å². The van der Waals surface area contributed by atoms with E-state index >= 15 is 0 Å². The number of amides is 4. The molecular weight excluding hydrogens is 442 g/mol. The molecule has 10 N–H and O–H groups in total. The van der Waals surface area contributed by atoms with Gasteiger partial charge in [0.15, 0.2) is 0 Å². The number of aliphatic carboxylic acids is 2. The van der Waals surface area contributed by atoms with E-state index in [1.54, 1.807) is 0 Å². The molecule has 4 atom stereocenters. The molecule has 182 valence electrons. The third kappa shape index (κ3) is 9.77. The van der Waals surface area contributed by atoms with Gasteiger partial charge in [0, 0.05) is 24.7 Å². The minimum Gasteiger partial charge on any atom is -0.481 e. The number of rotatable bonds is 14. The van der Waals surface area contributed by atoms with E-state index in [0.717, 1.165) is 6.92 Å². The fraction of sp³-hybridized carbons (Fsp3) is 0.500. The van der Waals surface area contributed by atoms with Gasteiger partial charge in [-0.3, -0.25) is 28.8 Å². The summed E-state index contributed by atoms with van der Waals surface area (Å²) in [6, 6.07) is -5.43. The van der Waals surface area contributed by atoms with E-state index in [2.05, 4.69) is 25.9 Å². The normalized spacial score (nSPS) is 14.2. The average molecular weight is 469 g/mol. The summed E-state index contributed by atoms with van der Waals surface area (Å²) >= 11 is 0. The second kappa shape index (κ2) is 12.7. The number of carbonyl (C=O) groups is 6. The van der Waals surface area contributed by atoms with E-state index in [-0.39, 0.29) is 19.3 Å². The van der Waals surface area contributed by atoms with E-state index in [0.29, 0.717) is 5.69 Å². The maximum absolute atomic E-state index is 12.8. The number of nitrogens with two attached hydrogens (primary N) is 2. The summed E-state index contributed by atoms with van der Waals surface area (Å²) in [7, 11) is 0. The van der Waals surface area contributed by atoms with Crippen LogP contribution in [0.15, 0.2) is 12.5 Å². The number of nitrogens with zero attached hydrogens (tertiary/aromatic N) is 1. The van der Waals surface area contributed by atoms with Crippen LogP contribution in [0.5, 0.6) is 0 Å². The number of nitrogens with one attached hydrogen (secondary N) is 4. The van der Waals surface area contributed by atoms with Gasteiger partial charge in [0.25, 0.3) is 0 Å². The van der Waals surface area contributed by atoms with Crippen molar-refractivity contribution in [1.82, 2.24) is 25.9 Å². The topological polar surface area (TPSA) is 260 Å². The molecule has 15 nitrogen and oxygen atoms in total. The number of carboxylic acids is 2. The highest BCUT2D eigenvalue weighted by Crippen LogP contribution is 2.04. The second-order valence-corrected chi connectivity index (χ2v) is 7.18. The molecule has 4 unspecified atom stereocenters. The lowest BCUT2D eigenvalue weighted by atomic mass is 10.1. The summed E-state index contributed by atoms with van der Waals surface area (Å²) in [5.74, 6) is -6.20. The van der Waals surface area contributed by atoms with Crippen molar-refractivity contribution in [3.8, 4) is 0 Å². The Kier molecular flexibility index (Phi) is 10.4. The molecule has 0 bridgehead atoms. The summed E-state index contributed by atoms with van der Waals surface area (Å²) in [5.41, 5.74) is 11.2. The molecular formula is C18H27N7O8. The van der Waals surface area contributed by atoms with Crippen molar-refractivity contribution < 1.29 is 39.0 Å². The lowest BCUT2D eigenvalue weighted by Crippen LogP contribution is -2.57. The Hall–Kier alpha value is -4.01. The smallest absolute Gasteiger partial charge is 0.325 e. The average Bonchev–Trinajstić information content (AvgIpc) is 3.23. The fourth-order valence-corrected chi connectivity index (χ4v) is 2.57. The summed E-state index contributed by atoms with van der Waals surface area (Å²) in [6.07, 6.45) is 1.53. The summed E-state index contributed by atoms with van der Waals surface area (Å²) < 4.78 is 0. The Labute approximate surface area is 187 Å². The first-order valence-electron chi connectivity index (χ1n) is 9.77. The van der Waals surface area contributed by atoms with E-state index in [1.807, 2.05) is 0 Å². The number of imidazole rings is 1. The second-order valence-electron chi connectivity index (χ2n) is 7.18. The molecule has 1 rings (SSSR count). The Morgan fingerprint density at radius 2 is 1.64 bits per heavy atom. The first-order chi connectivity index (χ1) is 15.4. The van der Waals surface area contributed by atoms with Crippen molar-refractivity contribution in [3.63, 3.8) is 0 Å². The van der Waals surface area contributed by atoms with Crippen LogP contribution in [0.3, 0.4) is 0 Å². The predicted octanol–water partition coefficient (Wildman–Crippen LogP) is -3.42. The fourth-order valence-electron chi connectivity index (χ4n) is 2.57. The molecule has 0 saturated heterocycles. The van der Waals surface area contributed by atoms with Crippen LogP contribution in [0.25, 0.3) is 0 Å². The molecule has 0 aliphatic heterocycles. The first-order valence-corrected chi connectivity index (χ1v) is 9.77. The van der Waals surface area contributed by atoms with Gasteiger partial charge in [0.1, 0.15) is 18.1 Å². The van der Waals surface area contributed by atoms with Crippen LogP contribution >= 0.6 is 0 Å². The van der Waals surface area contributed by atoms with Crippen molar-refractivity contribution in [3.05, 3.63) is 18.2 Å². The quantitative estimate of drug-likeness (QED) is 0.134. The van der Waals surface area contributed by atoms with Gasteiger partial charge in [0.2, 0.25) is 23.6 Å². The van der Waals surface area contributed by atoms with E-state index in [4.69, 9.17) is 21.7 Å². The third-order valence-electron chi connectivity index (χ3n) is 4.39. The van der Waals surface area contributed by atoms with E-state index in [1.165, 1.54) is 12.5 Å². The number of hydrogen-bond donors (Lipinski definition) is 8. The van der Waals surface area contributed by atoms with Crippen molar-refractivity contribution in [1.29, 1.82) is 0 Å². The molecule has 1 heterocycles. The number of hydrogen-bond acceptors (Lipinski definition) is 8. The molecule has 1 aromatic heterocycles. The Morgan fingerprint density at radius 3 is 2.15 bits per heavy atom. The Bertz CT molecular complexity index is 873. The molecule has 0 fully saturated rings. The molecule has 0 spiro atoms.